The Kier molecular flexibility index (Phi) is 11.4. The number of hydrogen-bond acceptors (Lipinski definition) is 6. The average Bonchev–Trinajstić information content (AvgIpc) is 3.44. The number of fused-ring (bicyclic) bond motifs is 3. The van der Waals surface area contributed by atoms with Gasteiger partial charge in [-0.3, -0.25) is 14.5 Å². The molecule has 9 heteroatoms. The molecule has 4 aromatic rings. The van der Waals surface area contributed by atoms with Crippen LogP contribution in [0.25, 0.3) is 6.08 Å². The SMILES string of the molecule is CC/C(=C\c1cc(C)c(O)c(C)c1)CC[C@H]1OB(O)C[C@H]2C1=C(CO[Si](c1ccccc1)(c1ccccc1)C(C)(C)C)C[C@H]1C(=O)N(c3ccccc3)C(=O)[C@H]12. The molecule has 56 heavy (non-hydrogen) atoms. The number of phenols is 1. The van der Waals surface area contributed by atoms with Gasteiger partial charge in [-0.25, -0.2) is 0 Å². The Morgan fingerprint density at radius 3 is 2.02 bits per heavy atom. The summed E-state index contributed by atoms with van der Waals surface area (Å²) in [5, 5.41) is 23.8. The molecule has 290 valence electrons. The van der Waals surface area contributed by atoms with E-state index < -0.39 is 33.4 Å². The molecular formula is C47H54BNO6Si. The molecule has 0 aromatic heterocycles. The summed E-state index contributed by atoms with van der Waals surface area (Å²) in [6.45, 7) is 13.0. The number of amides is 2. The summed E-state index contributed by atoms with van der Waals surface area (Å²) in [7, 11) is -4.04. The summed E-state index contributed by atoms with van der Waals surface area (Å²) in [5.74, 6) is -1.62. The second kappa shape index (κ2) is 16.1. The van der Waals surface area contributed by atoms with Gasteiger partial charge in [0.1, 0.15) is 5.75 Å². The molecule has 2 saturated heterocycles. The zero-order valence-corrected chi connectivity index (χ0v) is 34.5. The van der Waals surface area contributed by atoms with E-state index in [1.54, 1.807) is 0 Å². The Hall–Kier alpha value is -4.54. The van der Waals surface area contributed by atoms with Crippen molar-refractivity contribution in [2.45, 2.75) is 84.7 Å². The Labute approximate surface area is 333 Å². The fourth-order valence-electron chi connectivity index (χ4n) is 9.66. The number of allylic oxidation sites excluding steroid dienone is 1. The summed E-state index contributed by atoms with van der Waals surface area (Å²) in [4.78, 5) is 30.2. The van der Waals surface area contributed by atoms with Crippen LogP contribution in [0.2, 0.25) is 11.4 Å². The number of anilines is 1. The molecule has 0 spiro atoms. The molecule has 0 radical (unpaired) electrons. The molecule has 0 bridgehead atoms. The molecule has 2 N–H and O–H groups in total. The van der Waals surface area contributed by atoms with E-state index in [1.165, 1.54) is 20.8 Å². The fourth-order valence-corrected chi connectivity index (χ4v) is 14.2. The quantitative estimate of drug-likeness (QED) is 0.0909. The van der Waals surface area contributed by atoms with Gasteiger partial charge < -0.3 is 19.2 Å². The molecule has 4 atom stereocenters. The lowest BCUT2D eigenvalue weighted by Gasteiger charge is -2.46. The molecule has 7 nitrogen and oxygen atoms in total. The van der Waals surface area contributed by atoms with Gasteiger partial charge in [0.25, 0.3) is 8.32 Å². The van der Waals surface area contributed by atoms with Crippen LogP contribution in [0, 0.1) is 31.6 Å². The fraction of sp³-hybridized carbons (Fsp3) is 0.362. The van der Waals surface area contributed by atoms with Crippen LogP contribution >= 0.6 is 0 Å². The molecule has 1 aliphatic carbocycles. The predicted octanol–water partition coefficient (Wildman–Crippen LogP) is 8.16. The van der Waals surface area contributed by atoms with E-state index in [0.717, 1.165) is 34.3 Å². The van der Waals surface area contributed by atoms with Crippen molar-refractivity contribution in [1.29, 1.82) is 0 Å². The first-order chi connectivity index (χ1) is 26.8. The molecule has 0 unspecified atom stereocenters. The maximum absolute atomic E-state index is 14.4. The summed E-state index contributed by atoms with van der Waals surface area (Å²) in [6, 6.07) is 34.3. The number of aromatic hydroxyl groups is 1. The second-order valence-corrected chi connectivity index (χ2v) is 21.1. The van der Waals surface area contributed by atoms with Gasteiger partial charge in [0.05, 0.1) is 30.2 Å². The van der Waals surface area contributed by atoms with E-state index in [1.807, 2.05) is 68.4 Å². The van der Waals surface area contributed by atoms with Crippen LogP contribution in [-0.4, -0.2) is 50.1 Å². The molecule has 2 amide bonds. The number of para-hydroxylation sites is 1. The lowest BCUT2D eigenvalue weighted by Crippen LogP contribution is -2.66. The number of nitrogens with zero attached hydrogens (tertiary/aromatic N) is 1. The molecular weight excluding hydrogens is 713 g/mol. The first kappa shape index (κ1) is 39.7. The average molecular weight is 768 g/mol. The van der Waals surface area contributed by atoms with Gasteiger partial charge in [-0.05, 0) is 119 Å². The van der Waals surface area contributed by atoms with Gasteiger partial charge >= 0.3 is 7.12 Å². The molecule has 2 fully saturated rings. The summed E-state index contributed by atoms with van der Waals surface area (Å²) >= 11 is 0. The predicted molar refractivity (Wildman–Crippen MR) is 227 cm³/mol. The van der Waals surface area contributed by atoms with Crippen molar-refractivity contribution in [3.63, 3.8) is 0 Å². The van der Waals surface area contributed by atoms with Crippen LogP contribution < -0.4 is 15.3 Å². The van der Waals surface area contributed by atoms with E-state index in [9.17, 15) is 19.7 Å². The molecule has 4 aromatic carbocycles. The van der Waals surface area contributed by atoms with Gasteiger partial charge in [0.15, 0.2) is 0 Å². The van der Waals surface area contributed by atoms with Crippen LogP contribution in [-0.2, 0) is 18.7 Å². The second-order valence-electron chi connectivity index (χ2n) is 16.8. The topological polar surface area (TPSA) is 96.3 Å². The number of rotatable bonds is 11. The first-order valence-corrected chi connectivity index (χ1v) is 22.0. The van der Waals surface area contributed by atoms with Crippen LogP contribution in [0.4, 0.5) is 5.69 Å². The highest BCUT2D eigenvalue weighted by Gasteiger charge is 2.58. The third-order valence-electron chi connectivity index (χ3n) is 12.3. The molecule has 7 rings (SSSR count). The van der Waals surface area contributed by atoms with E-state index in [4.69, 9.17) is 9.08 Å². The minimum atomic E-state index is -2.97. The van der Waals surface area contributed by atoms with Gasteiger partial charge in [0.2, 0.25) is 11.8 Å². The van der Waals surface area contributed by atoms with E-state index in [2.05, 4.69) is 82.3 Å². The van der Waals surface area contributed by atoms with Crippen LogP contribution in [0.15, 0.2) is 120 Å². The van der Waals surface area contributed by atoms with Crippen molar-refractivity contribution < 1.29 is 28.8 Å². The zero-order valence-electron chi connectivity index (χ0n) is 33.5. The third-order valence-corrected chi connectivity index (χ3v) is 17.3. The standard InChI is InChI=1S/C47H54BNO6Si/c1-7-33(27-34-25-31(2)44(50)32(3)26-34)23-24-41-42-35(30-54-56(47(4,5)6,37-19-13-9-14-20-37)38-21-15-10-16-22-38)28-39-43(40(42)29-48(53)55-41)46(52)49(45(39)51)36-17-11-8-12-18-36/h8-22,25-27,39-41,43,50,53H,7,23-24,28-30H2,1-6H3/b33-27+/t39-,40+,41-,43-/m1/s1. The van der Waals surface area contributed by atoms with Gasteiger partial charge in [0, 0.05) is 0 Å². The largest absolute Gasteiger partial charge is 0.507 e. The molecule has 0 saturated carbocycles. The zero-order chi connectivity index (χ0) is 39.8. The lowest BCUT2D eigenvalue weighted by atomic mass is 9.58. The van der Waals surface area contributed by atoms with Crippen molar-refractivity contribution in [3.8, 4) is 5.75 Å². The highest BCUT2D eigenvalue weighted by molar-refractivity contribution is 6.99. The molecule has 3 aliphatic rings. The van der Waals surface area contributed by atoms with Gasteiger partial charge in [-0.1, -0.05) is 118 Å². The Bertz CT molecular complexity index is 2070. The Balaban J connectivity index is 1.31. The van der Waals surface area contributed by atoms with Crippen molar-refractivity contribution >= 4 is 49.4 Å². The van der Waals surface area contributed by atoms with Gasteiger partial charge in [-0.2, -0.15) is 0 Å². The number of aryl methyl sites for hydroxylation is 2. The lowest BCUT2D eigenvalue weighted by molar-refractivity contribution is -0.122. The number of carbonyl (C=O) groups is 2. The third kappa shape index (κ3) is 7.38. The van der Waals surface area contributed by atoms with E-state index in [0.29, 0.717) is 30.7 Å². The van der Waals surface area contributed by atoms with Crippen LogP contribution in [0.3, 0.4) is 0 Å². The number of phenolic OH excluding ortho intramolecular Hbond substituents is 1. The van der Waals surface area contributed by atoms with Gasteiger partial charge in [-0.15, -0.1) is 0 Å². The minimum Gasteiger partial charge on any atom is -0.507 e. The number of benzene rings is 4. The highest BCUT2D eigenvalue weighted by Crippen LogP contribution is 2.52. The minimum absolute atomic E-state index is 0.193. The Morgan fingerprint density at radius 2 is 1.46 bits per heavy atom. The summed E-state index contributed by atoms with van der Waals surface area (Å²) in [5.41, 5.74) is 6.51. The van der Waals surface area contributed by atoms with Crippen LogP contribution in [0.1, 0.15) is 70.1 Å². The summed E-state index contributed by atoms with van der Waals surface area (Å²) in [6.07, 6.45) is 4.48. The highest BCUT2D eigenvalue weighted by atomic mass is 28.4. The van der Waals surface area contributed by atoms with Crippen molar-refractivity contribution in [2.24, 2.45) is 17.8 Å². The van der Waals surface area contributed by atoms with Crippen molar-refractivity contribution in [3.05, 3.63) is 137 Å². The molecule has 2 heterocycles. The van der Waals surface area contributed by atoms with E-state index in [-0.39, 0.29) is 35.7 Å². The van der Waals surface area contributed by atoms with Crippen molar-refractivity contribution in [2.75, 3.05) is 11.5 Å². The number of hydrogen-bond donors (Lipinski definition) is 2. The maximum Gasteiger partial charge on any atom is 0.455 e. The first-order valence-electron chi connectivity index (χ1n) is 20.1. The molecule has 2 aliphatic heterocycles. The number of carbonyl (C=O) groups excluding carboxylic acids is 2. The van der Waals surface area contributed by atoms with Crippen LogP contribution in [0.5, 0.6) is 5.75 Å². The normalized spacial score (nSPS) is 21.7. The monoisotopic (exact) mass is 767 g/mol. The maximum atomic E-state index is 14.4. The Morgan fingerprint density at radius 1 is 0.893 bits per heavy atom. The number of imide groups is 1. The van der Waals surface area contributed by atoms with Crippen molar-refractivity contribution in [1.82, 2.24) is 0 Å². The van der Waals surface area contributed by atoms with E-state index >= 15 is 0 Å². The summed E-state index contributed by atoms with van der Waals surface area (Å²) < 4.78 is 14.0. The smallest absolute Gasteiger partial charge is 0.455 e.